The Labute approximate surface area is 304 Å². The summed E-state index contributed by atoms with van der Waals surface area (Å²) in [7, 11) is 0. The number of hydrogen-bond acceptors (Lipinski definition) is 4. The Kier molecular flexibility index (Phi) is 6.52. The van der Waals surface area contributed by atoms with E-state index >= 15 is 0 Å². The zero-order valence-corrected chi connectivity index (χ0v) is 28.5. The SMILES string of the molecule is c1ccc(-c2ccc3ccc(-c4nc(-c5ccccc5)nc(-c5cc6ccc7ccccc7c6c6oc7ccc8ccccc8c7c56)n4)cc3c2)cc1. The smallest absolute Gasteiger partial charge is 0.164 e. The minimum Gasteiger partial charge on any atom is -0.455 e. The summed E-state index contributed by atoms with van der Waals surface area (Å²) in [6.07, 6.45) is 0. The van der Waals surface area contributed by atoms with E-state index in [4.69, 9.17) is 19.4 Å². The molecule has 0 saturated heterocycles. The second-order valence-electron chi connectivity index (χ2n) is 13.6. The van der Waals surface area contributed by atoms with Gasteiger partial charge in [-0.2, -0.15) is 0 Å². The molecule has 0 aliphatic heterocycles. The quantitative estimate of drug-likeness (QED) is 0.174. The van der Waals surface area contributed by atoms with Crippen LogP contribution in [0.4, 0.5) is 0 Å². The Balaban J connectivity index is 1.22. The van der Waals surface area contributed by atoms with Crippen LogP contribution in [0.1, 0.15) is 0 Å². The van der Waals surface area contributed by atoms with Crippen LogP contribution in [0.3, 0.4) is 0 Å². The summed E-state index contributed by atoms with van der Waals surface area (Å²) in [5, 5.41) is 11.1. The lowest BCUT2D eigenvalue weighted by Crippen LogP contribution is -2.00. The molecule has 2 heterocycles. The topological polar surface area (TPSA) is 51.8 Å². The van der Waals surface area contributed by atoms with Gasteiger partial charge in [0.2, 0.25) is 0 Å². The Morgan fingerprint density at radius 1 is 0.321 bits per heavy atom. The molecule has 4 heteroatoms. The third kappa shape index (κ3) is 4.80. The van der Waals surface area contributed by atoms with Crippen LogP contribution in [0, 0.1) is 0 Å². The predicted molar refractivity (Wildman–Crippen MR) is 219 cm³/mol. The molecular weight excluding hydrogens is 647 g/mol. The van der Waals surface area contributed by atoms with Gasteiger partial charge in [0.05, 0.1) is 0 Å². The molecule has 2 aromatic heterocycles. The molecule has 0 amide bonds. The zero-order valence-electron chi connectivity index (χ0n) is 28.5. The van der Waals surface area contributed by atoms with Crippen LogP contribution >= 0.6 is 0 Å². The van der Waals surface area contributed by atoms with E-state index in [-0.39, 0.29) is 0 Å². The normalized spacial score (nSPS) is 11.8. The van der Waals surface area contributed by atoms with Gasteiger partial charge in [-0.15, -0.1) is 0 Å². The number of rotatable bonds is 4. The highest BCUT2D eigenvalue weighted by atomic mass is 16.3. The number of nitrogens with zero attached hydrogens (tertiary/aromatic N) is 3. The number of benzene rings is 9. The van der Waals surface area contributed by atoms with Crippen molar-refractivity contribution in [1.82, 2.24) is 15.0 Å². The van der Waals surface area contributed by atoms with E-state index in [1.807, 2.05) is 24.3 Å². The number of hydrogen-bond donors (Lipinski definition) is 0. The summed E-state index contributed by atoms with van der Waals surface area (Å²) in [5.41, 5.74) is 6.78. The molecule has 0 spiro atoms. The lowest BCUT2D eigenvalue weighted by atomic mass is 9.94. The Morgan fingerprint density at radius 3 is 1.62 bits per heavy atom. The molecule has 9 aromatic carbocycles. The number of aromatic nitrogens is 3. The van der Waals surface area contributed by atoms with Gasteiger partial charge < -0.3 is 4.42 Å². The van der Waals surface area contributed by atoms with Crippen molar-refractivity contribution < 1.29 is 4.42 Å². The van der Waals surface area contributed by atoms with Crippen molar-refractivity contribution in [3.63, 3.8) is 0 Å². The van der Waals surface area contributed by atoms with Crippen LogP contribution in [-0.4, -0.2) is 15.0 Å². The number of furan rings is 1. The van der Waals surface area contributed by atoms with Gasteiger partial charge in [-0.1, -0.05) is 152 Å². The van der Waals surface area contributed by atoms with Crippen molar-refractivity contribution in [2.24, 2.45) is 0 Å². The lowest BCUT2D eigenvalue weighted by molar-refractivity contribution is 0.673. The Bertz CT molecular complexity index is 3220. The highest BCUT2D eigenvalue weighted by Crippen LogP contribution is 2.45. The highest BCUT2D eigenvalue weighted by molar-refractivity contribution is 6.30. The van der Waals surface area contributed by atoms with E-state index in [2.05, 4.69) is 152 Å². The molecular formula is C49H29N3O. The van der Waals surface area contributed by atoms with Gasteiger partial charge in [-0.25, -0.2) is 15.0 Å². The highest BCUT2D eigenvalue weighted by Gasteiger charge is 2.22. The molecule has 11 aromatic rings. The summed E-state index contributed by atoms with van der Waals surface area (Å²) < 4.78 is 6.90. The average molecular weight is 676 g/mol. The van der Waals surface area contributed by atoms with E-state index < -0.39 is 0 Å². The minimum absolute atomic E-state index is 0.600. The first-order valence-electron chi connectivity index (χ1n) is 17.9. The third-order valence-corrected chi connectivity index (χ3v) is 10.5. The maximum absolute atomic E-state index is 6.90. The largest absolute Gasteiger partial charge is 0.455 e. The molecule has 0 atom stereocenters. The molecule has 246 valence electrons. The van der Waals surface area contributed by atoms with E-state index in [0.29, 0.717) is 17.5 Å². The molecule has 4 nitrogen and oxygen atoms in total. The van der Waals surface area contributed by atoms with E-state index in [1.54, 1.807) is 0 Å². The van der Waals surface area contributed by atoms with E-state index in [9.17, 15) is 0 Å². The molecule has 0 aliphatic carbocycles. The predicted octanol–water partition coefficient (Wildman–Crippen LogP) is 13.1. The first-order valence-corrected chi connectivity index (χ1v) is 17.9. The van der Waals surface area contributed by atoms with Crippen LogP contribution in [0.2, 0.25) is 0 Å². The second-order valence-corrected chi connectivity index (χ2v) is 13.6. The van der Waals surface area contributed by atoms with Crippen molar-refractivity contribution >= 4 is 65.0 Å². The van der Waals surface area contributed by atoms with Gasteiger partial charge in [0.15, 0.2) is 17.5 Å². The van der Waals surface area contributed by atoms with Crippen LogP contribution in [0.5, 0.6) is 0 Å². The maximum atomic E-state index is 6.90. The standard InChI is InChI=1S/C49H29N3O/c1-3-11-30(12-4-1)35-22-19-31-20-24-37(28-38(31)27-35)48-50-47(34-15-5-2-6-16-34)51-49(52-48)41-29-36-23-21-32-13-7-9-17-39(32)43(36)46-45(41)44-40-18-10-8-14-33(40)25-26-42(44)53-46/h1-29H. The Morgan fingerprint density at radius 2 is 0.868 bits per heavy atom. The second kappa shape index (κ2) is 11.7. The van der Waals surface area contributed by atoms with Gasteiger partial charge >= 0.3 is 0 Å². The minimum atomic E-state index is 0.600. The molecule has 0 saturated carbocycles. The fraction of sp³-hybridized carbons (Fsp3) is 0. The van der Waals surface area contributed by atoms with Gasteiger partial charge in [0.25, 0.3) is 0 Å². The summed E-state index contributed by atoms with van der Waals surface area (Å²) in [5.74, 6) is 1.83. The first-order chi connectivity index (χ1) is 26.2. The van der Waals surface area contributed by atoms with E-state index in [0.717, 1.165) is 76.3 Å². The molecule has 0 aliphatic rings. The monoisotopic (exact) mass is 675 g/mol. The molecule has 11 rings (SSSR count). The van der Waals surface area contributed by atoms with Crippen molar-refractivity contribution in [2.75, 3.05) is 0 Å². The van der Waals surface area contributed by atoms with Crippen molar-refractivity contribution in [1.29, 1.82) is 0 Å². The van der Waals surface area contributed by atoms with Crippen LogP contribution < -0.4 is 0 Å². The van der Waals surface area contributed by atoms with Crippen LogP contribution in [-0.2, 0) is 0 Å². The first kappa shape index (κ1) is 29.5. The third-order valence-electron chi connectivity index (χ3n) is 10.5. The number of fused-ring (bicyclic) bond motifs is 10. The molecule has 0 N–H and O–H groups in total. The van der Waals surface area contributed by atoms with Crippen molar-refractivity contribution in [2.45, 2.75) is 0 Å². The summed E-state index contributed by atoms with van der Waals surface area (Å²) in [6.45, 7) is 0. The molecule has 0 fully saturated rings. The fourth-order valence-electron chi connectivity index (χ4n) is 7.91. The van der Waals surface area contributed by atoms with E-state index in [1.165, 1.54) is 16.5 Å². The van der Waals surface area contributed by atoms with Gasteiger partial charge in [-0.3, -0.25) is 0 Å². The molecule has 0 unspecified atom stereocenters. The fourth-order valence-corrected chi connectivity index (χ4v) is 7.91. The molecule has 53 heavy (non-hydrogen) atoms. The average Bonchev–Trinajstić information content (AvgIpc) is 3.64. The summed E-state index contributed by atoms with van der Waals surface area (Å²) in [4.78, 5) is 15.7. The molecule has 0 radical (unpaired) electrons. The van der Waals surface area contributed by atoms with Gasteiger partial charge in [-0.05, 0) is 73.1 Å². The van der Waals surface area contributed by atoms with Crippen LogP contribution in [0.25, 0.3) is 110 Å². The lowest BCUT2D eigenvalue weighted by Gasteiger charge is -2.12. The Hall–Kier alpha value is -7.17. The summed E-state index contributed by atoms with van der Waals surface area (Å²) in [6, 6.07) is 61.6. The van der Waals surface area contributed by atoms with Crippen LogP contribution in [0.15, 0.2) is 180 Å². The van der Waals surface area contributed by atoms with Gasteiger partial charge in [0.1, 0.15) is 11.2 Å². The van der Waals surface area contributed by atoms with Gasteiger partial charge in [0, 0.05) is 32.8 Å². The zero-order chi connectivity index (χ0) is 34.9. The maximum Gasteiger partial charge on any atom is 0.164 e. The van der Waals surface area contributed by atoms with Crippen molar-refractivity contribution in [3.05, 3.63) is 176 Å². The molecule has 0 bridgehead atoms. The van der Waals surface area contributed by atoms with Crippen molar-refractivity contribution in [3.8, 4) is 45.3 Å². The summed E-state index contributed by atoms with van der Waals surface area (Å²) >= 11 is 0.